The lowest BCUT2D eigenvalue weighted by atomic mass is 10.1. The average molecular weight is 330 g/mol. The van der Waals surface area contributed by atoms with Gasteiger partial charge in [0.2, 0.25) is 0 Å². The molecule has 2 aromatic carbocycles. The van der Waals surface area contributed by atoms with Crippen molar-refractivity contribution in [3.05, 3.63) is 64.1 Å². The van der Waals surface area contributed by atoms with Crippen molar-refractivity contribution in [3.8, 4) is 0 Å². The van der Waals surface area contributed by atoms with Crippen LogP contribution in [0.2, 0.25) is 0 Å². The van der Waals surface area contributed by atoms with Crippen LogP contribution in [0.4, 0.5) is 5.69 Å². The normalized spacial score (nSPS) is 13.8. The second-order valence-corrected chi connectivity index (χ2v) is 5.60. The first-order valence-electron chi connectivity index (χ1n) is 6.36. The molecule has 1 aliphatic rings. The predicted molar refractivity (Wildman–Crippen MR) is 81.0 cm³/mol. The minimum absolute atomic E-state index is 0.406. The molecule has 1 heterocycles. The van der Waals surface area contributed by atoms with Crippen LogP contribution in [0, 0.1) is 0 Å². The summed E-state index contributed by atoms with van der Waals surface area (Å²) in [5.74, 6) is -0.834. The molecule has 0 unspecified atom stereocenters. The molecule has 0 N–H and O–H groups in total. The second-order valence-electron chi connectivity index (χ2n) is 4.68. The molecule has 20 heavy (non-hydrogen) atoms. The summed E-state index contributed by atoms with van der Waals surface area (Å²) in [7, 11) is 0. The molecule has 0 bridgehead atoms. The number of hydrogen-bond acceptors (Lipinski definition) is 2. The van der Waals surface area contributed by atoms with Crippen LogP contribution in [0.5, 0.6) is 0 Å². The van der Waals surface area contributed by atoms with Crippen LogP contribution in [0.15, 0.2) is 53.0 Å². The molecule has 2 aromatic rings. The Hall–Kier alpha value is -1.94. The van der Waals surface area contributed by atoms with Gasteiger partial charge in [0.1, 0.15) is 0 Å². The van der Waals surface area contributed by atoms with Crippen molar-refractivity contribution >= 4 is 33.3 Å². The molecule has 1 aliphatic heterocycles. The van der Waals surface area contributed by atoms with E-state index in [-0.39, 0.29) is 0 Å². The Morgan fingerprint density at radius 2 is 1.65 bits per heavy atom. The minimum Gasteiger partial charge on any atom is -0.304 e. The molecule has 0 radical (unpaired) electrons. The molecule has 0 aliphatic carbocycles. The van der Waals surface area contributed by atoms with Crippen molar-refractivity contribution in [2.24, 2.45) is 0 Å². The summed E-state index contributed by atoms with van der Waals surface area (Å²) in [6.07, 6.45) is 0.723. The Morgan fingerprint density at radius 3 is 2.40 bits per heavy atom. The lowest BCUT2D eigenvalue weighted by Crippen LogP contribution is -2.31. The van der Waals surface area contributed by atoms with Gasteiger partial charge in [-0.3, -0.25) is 9.59 Å². The van der Waals surface area contributed by atoms with Crippen LogP contribution < -0.4 is 4.90 Å². The molecule has 100 valence electrons. The number of nitrogens with zero attached hydrogens (tertiary/aromatic N) is 1. The van der Waals surface area contributed by atoms with Crippen LogP contribution in [0.25, 0.3) is 0 Å². The van der Waals surface area contributed by atoms with Gasteiger partial charge in [0.05, 0.1) is 11.3 Å². The fourth-order valence-electron chi connectivity index (χ4n) is 2.36. The maximum atomic E-state index is 12.0. The monoisotopic (exact) mass is 329 g/mol. The average Bonchev–Trinajstić information content (AvgIpc) is 2.71. The van der Waals surface area contributed by atoms with Crippen molar-refractivity contribution in [1.82, 2.24) is 0 Å². The van der Waals surface area contributed by atoms with Crippen LogP contribution in [-0.2, 0) is 11.2 Å². The molecule has 0 atom stereocenters. The van der Waals surface area contributed by atoms with E-state index in [1.807, 2.05) is 36.4 Å². The Bertz CT molecular complexity index is 679. The molecular formula is C16H12BrNO2. The van der Waals surface area contributed by atoms with E-state index in [2.05, 4.69) is 15.9 Å². The van der Waals surface area contributed by atoms with Gasteiger partial charge in [-0.25, -0.2) is 0 Å². The van der Waals surface area contributed by atoms with Crippen LogP contribution in [0.3, 0.4) is 0 Å². The highest BCUT2D eigenvalue weighted by Crippen LogP contribution is 2.28. The molecule has 0 saturated heterocycles. The Balaban J connectivity index is 1.79. The van der Waals surface area contributed by atoms with E-state index in [0.29, 0.717) is 12.1 Å². The fourth-order valence-corrected chi connectivity index (χ4v) is 2.63. The third-order valence-electron chi connectivity index (χ3n) is 3.42. The van der Waals surface area contributed by atoms with Gasteiger partial charge in [0.25, 0.3) is 11.7 Å². The number of Topliss-reactive ketones (excluding diaryl/α,β-unsaturated/α-hetero) is 1. The van der Waals surface area contributed by atoms with Gasteiger partial charge < -0.3 is 4.90 Å². The Labute approximate surface area is 125 Å². The van der Waals surface area contributed by atoms with Crippen LogP contribution in [-0.4, -0.2) is 18.2 Å². The third kappa shape index (κ3) is 2.27. The number of para-hydroxylation sites is 1. The van der Waals surface area contributed by atoms with E-state index < -0.39 is 11.7 Å². The largest absolute Gasteiger partial charge is 0.304 e. The van der Waals surface area contributed by atoms with E-state index in [9.17, 15) is 9.59 Å². The van der Waals surface area contributed by atoms with Crippen molar-refractivity contribution in [2.45, 2.75) is 6.42 Å². The summed E-state index contributed by atoms with van der Waals surface area (Å²) < 4.78 is 1.03. The highest BCUT2D eigenvalue weighted by Gasteiger charge is 2.34. The van der Waals surface area contributed by atoms with Crippen molar-refractivity contribution in [3.63, 3.8) is 0 Å². The highest BCUT2D eigenvalue weighted by molar-refractivity contribution is 9.10. The van der Waals surface area contributed by atoms with Gasteiger partial charge >= 0.3 is 0 Å². The van der Waals surface area contributed by atoms with Gasteiger partial charge in [-0.1, -0.05) is 40.2 Å². The van der Waals surface area contributed by atoms with Crippen molar-refractivity contribution in [2.75, 3.05) is 11.4 Å². The summed E-state index contributed by atoms with van der Waals surface area (Å²) in [6, 6.07) is 15.1. The predicted octanol–water partition coefficient (Wildman–Crippen LogP) is 3.22. The van der Waals surface area contributed by atoms with E-state index in [0.717, 1.165) is 22.1 Å². The summed E-state index contributed by atoms with van der Waals surface area (Å²) in [4.78, 5) is 25.4. The third-order valence-corrected chi connectivity index (χ3v) is 3.94. The minimum atomic E-state index is -0.427. The number of carbonyl (C=O) groups is 2. The smallest absolute Gasteiger partial charge is 0.299 e. The molecule has 0 saturated carbocycles. The van der Waals surface area contributed by atoms with Crippen molar-refractivity contribution < 1.29 is 9.59 Å². The number of amides is 1. The summed E-state index contributed by atoms with van der Waals surface area (Å²) in [5.41, 5.74) is 2.37. The molecule has 1 amide bonds. The topological polar surface area (TPSA) is 37.4 Å². The van der Waals surface area contributed by atoms with Crippen LogP contribution in [0.1, 0.15) is 15.9 Å². The molecule has 0 aromatic heterocycles. The first-order valence-corrected chi connectivity index (χ1v) is 7.16. The number of halogens is 1. The zero-order chi connectivity index (χ0) is 14.1. The Morgan fingerprint density at radius 1 is 0.950 bits per heavy atom. The molecule has 3 nitrogen and oxygen atoms in total. The highest BCUT2D eigenvalue weighted by atomic mass is 79.9. The van der Waals surface area contributed by atoms with E-state index in [1.165, 1.54) is 0 Å². The second kappa shape index (κ2) is 5.21. The van der Waals surface area contributed by atoms with E-state index >= 15 is 0 Å². The van der Waals surface area contributed by atoms with E-state index in [4.69, 9.17) is 0 Å². The number of carbonyl (C=O) groups excluding carboxylic acids is 2. The first kappa shape index (κ1) is 13.1. The van der Waals surface area contributed by atoms with Crippen LogP contribution >= 0.6 is 15.9 Å². The van der Waals surface area contributed by atoms with Gasteiger partial charge in [-0.2, -0.15) is 0 Å². The SMILES string of the molecule is O=C1C(=O)N(CCc2ccc(Br)cc2)c2ccccc21. The maximum absolute atomic E-state index is 12.0. The van der Waals surface area contributed by atoms with Gasteiger partial charge in [0.15, 0.2) is 0 Å². The lowest BCUT2D eigenvalue weighted by molar-refractivity contribution is -0.114. The molecule has 0 spiro atoms. The zero-order valence-corrected chi connectivity index (χ0v) is 12.3. The van der Waals surface area contributed by atoms with Gasteiger partial charge in [-0.15, -0.1) is 0 Å². The lowest BCUT2D eigenvalue weighted by Gasteiger charge is -2.16. The number of benzene rings is 2. The summed E-state index contributed by atoms with van der Waals surface area (Å²) >= 11 is 3.39. The fraction of sp³-hybridized carbons (Fsp3) is 0.125. The Kier molecular flexibility index (Phi) is 3.40. The molecular weight excluding hydrogens is 318 g/mol. The van der Waals surface area contributed by atoms with Gasteiger partial charge in [0, 0.05) is 11.0 Å². The standard InChI is InChI=1S/C16H12BrNO2/c17-12-7-5-11(6-8-12)9-10-18-14-4-2-1-3-13(14)15(19)16(18)20/h1-8H,9-10H2. The number of rotatable bonds is 3. The summed E-state index contributed by atoms with van der Waals surface area (Å²) in [6.45, 7) is 0.517. The quantitative estimate of drug-likeness (QED) is 0.811. The number of ketones is 1. The van der Waals surface area contributed by atoms with Crippen molar-refractivity contribution in [1.29, 1.82) is 0 Å². The van der Waals surface area contributed by atoms with E-state index in [1.54, 1.807) is 17.0 Å². The zero-order valence-electron chi connectivity index (χ0n) is 10.7. The summed E-state index contributed by atoms with van der Waals surface area (Å²) in [5, 5.41) is 0. The number of hydrogen-bond donors (Lipinski definition) is 0. The first-order chi connectivity index (χ1) is 9.66. The number of fused-ring (bicyclic) bond motifs is 1. The maximum Gasteiger partial charge on any atom is 0.299 e. The molecule has 4 heteroatoms. The molecule has 3 rings (SSSR count). The molecule has 0 fully saturated rings. The van der Waals surface area contributed by atoms with Gasteiger partial charge in [-0.05, 0) is 36.2 Å². The number of anilines is 1.